The highest BCUT2D eigenvalue weighted by Crippen LogP contribution is 2.43. The number of anilines is 1. The SMILES string of the molecule is CC(C)N1CCCC2(C1)C(=O)Nc1ccccc12. The Hall–Kier alpha value is -1.35. The first-order valence-electron chi connectivity index (χ1n) is 6.78. The molecule has 0 aliphatic carbocycles. The molecular formula is C15H20N2O. The molecule has 0 radical (unpaired) electrons. The average Bonchev–Trinajstić information content (AvgIpc) is 2.63. The van der Waals surface area contributed by atoms with Crippen molar-refractivity contribution in [2.75, 3.05) is 18.4 Å². The van der Waals surface area contributed by atoms with Crippen LogP contribution in [0.5, 0.6) is 0 Å². The number of carbonyl (C=O) groups excluding carboxylic acids is 1. The van der Waals surface area contributed by atoms with Crippen LogP contribution in [0, 0.1) is 0 Å². The van der Waals surface area contributed by atoms with Gasteiger partial charge >= 0.3 is 0 Å². The first-order chi connectivity index (χ1) is 8.63. The van der Waals surface area contributed by atoms with E-state index < -0.39 is 0 Å². The molecule has 1 amide bonds. The molecular weight excluding hydrogens is 224 g/mol. The van der Waals surface area contributed by atoms with E-state index in [1.54, 1.807) is 0 Å². The highest BCUT2D eigenvalue weighted by Gasteiger charge is 2.49. The predicted molar refractivity (Wildman–Crippen MR) is 72.7 cm³/mol. The second-order valence-electron chi connectivity index (χ2n) is 5.75. The molecule has 0 aromatic heterocycles. The highest BCUT2D eigenvalue weighted by atomic mass is 16.2. The van der Waals surface area contributed by atoms with Gasteiger partial charge in [-0.3, -0.25) is 9.69 Å². The number of amides is 1. The molecule has 1 saturated heterocycles. The lowest BCUT2D eigenvalue weighted by Gasteiger charge is -2.41. The summed E-state index contributed by atoms with van der Waals surface area (Å²) in [5, 5.41) is 3.05. The fraction of sp³-hybridized carbons (Fsp3) is 0.533. The summed E-state index contributed by atoms with van der Waals surface area (Å²) in [5.41, 5.74) is 1.90. The molecule has 2 heterocycles. The van der Waals surface area contributed by atoms with E-state index >= 15 is 0 Å². The third-order valence-electron chi connectivity index (χ3n) is 4.38. The average molecular weight is 244 g/mol. The summed E-state index contributed by atoms with van der Waals surface area (Å²) >= 11 is 0. The number of hydrogen-bond acceptors (Lipinski definition) is 2. The van der Waals surface area contributed by atoms with Gasteiger partial charge in [0.25, 0.3) is 0 Å². The van der Waals surface area contributed by atoms with Crippen LogP contribution >= 0.6 is 0 Å². The van der Waals surface area contributed by atoms with Gasteiger partial charge in [0.15, 0.2) is 0 Å². The summed E-state index contributed by atoms with van der Waals surface area (Å²) in [4.78, 5) is 14.9. The summed E-state index contributed by atoms with van der Waals surface area (Å²) in [6, 6.07) is 8.65. The minimum absolute atomic E-state index is 0.189. The summed E-state index contributed by atoms with van der Waals surface area (Å²) < 4.78 is 0. The number of para-hydroxylation sites is 1. The van der Waals surface area contributed by atoms with Gasteiger partial charge in [-0.1, -0.05) is 18.2 Å². The van der Waals surface area contributed by atoms with E-state index in [1.165, 1.54) is 5.56 Å². The molecule has 18 heavy (non-hydrogen) atoms. The van der Waals surface area contributed by atoms with E-state index in [1.807, 2.05) is 18.2 Å². The van der Waals surface area contributed by atoms with E-state index in [9.17, 15) is 4.79 Å². The van der Waals surface area contributed by atoms with E-state index in [0.717, 1.165) is 31.6 Å². The van der Waals surface area contributed by atoms with Gasteiger partial charge in [0.1, 0.15) is 0 Å². The van der Waals surface area contributed by atoms with Gasteiger partial charge in [-0.05, 0) is 44.9 Å². The Morgan fingerprint density at radius 1 is 1.33 bits per heavy atom. The minimum atomic E-state index is -0.306. The summed E-state index contributed by atoms with van der Waals surface area (Å²) in [6.45, 7) is 6.37. The number of nitrogens with one attached hydrogen (secondary N) is 1. The first kappa shape index (κ1) is 11.7. The zero-order chi connectivity index (χ0) is 12.8. The van der Waals surface area contributed by atoms with E-state index in [4.69, 9.17) is 0 Å². The molecule has 1 aromatic rings. The maximum absolute atomic E-state index is 12.4. The van der Waals surface area contributed by atoms with Crippen molar-refractivity contribution in [1.29, 1.82) is 0 Å². The van der Waals surface area contributed by atoms with E-state index in [2.05, 4.69) is 30.1 Å². The zero-order valence-corrected chi connectivity index (χ0v) is 11.1. The Morgan fingerprint density at radius 2 is 2.11 bits per heavy atom. The van der Waals surface area contributed by atoms with Crippen LogP contribution in [-0.2, 0) is 10.2 Å². The molecule has 3 nitrogen and oxygen atoms in total. The largest absolute Gasteiger partial charge is 0.325 e. The monoisotopic (exact) mass is 244 g/mol. The zero-order valence-electron chi connectivity index (χ0n) is 11.1. The standard InChI is InChI=1S/C15H20N2O/c1-11(2)17-9-5-8-15(10-17)12-6-3-4-7-13(12)16-14(15)18/h3-4,6-7,11H,5,8-10H2,1-2H3,(H,16,18). The molecule has 1 unspecified atom stereocenters. The van der Waals surface area contributed by atoms with Gasteiger partial charge in [0, 0.05) is 18.3 Å². The Balaban J connectivity index is 2.01. The number of likely N-dealkylation sites (tertiary alicyclic amines) is 1. The minimum Gasteiger partial charge on any atom is -0.325 e. The quantitative estimate of drug-likeness (QED) is 0.822. The van der Waals surface area contributed by atoms with Crippen molar-refractivity contribution in [3.8, 4) is 0 Å². The highest BCUT2D eigenvalue weighted by molar-refractivity contribution is 6.06. The molecule has 0 saturated carbocycles. The summed E-state index contributed by atoms with van der Waals surface area (Å²) in [7, 11) is 0. The Labute approximate surface area is 108 Å². The number of fused-ring (bicyclic) bond motifs is 2. The van der Waals surface area contributed by atoms with Crippen LogP contribution in [0.1, 0.15) is 32.3 Å². The summed E-state index contributed by atoms with van der Waals surface area (Å²) in [5.74, 6) is 0.189. The van der Waals surface area contributed by atoms with Gasteiger partial charge in [0.2, 0.25) is 5.91 Å². The maximum Gasteiger partial charge on any atom is 0.236 e. The number of piperidine rings is 1. The van der Waals surface area contributed by atoms with Crippen molar-refractivity contribution in [3.63, 3.8) is 0 Å². The number of benzene rings is 1. The first-order valence-corrected chi connectivity index (χ1v) is 6.78. The molecule has 1 atom stereocenters. The van der Waals surface area contributed by atoms with Gasteiger partial charge in [0.05, 0.1) is 5.41 Å². The third kappa shape index (κ3) is 1.57. The lowest BCUT2D eigenvalue weighted by molar-refractivity contribution is -0.123. The normalized spacial score (nSPS) is 27.6. The Bertz CT molecular complexity index is 483. The van der Waals surface area contributed by atoms with Crippen molar-refractivity contribution in [3.05, 3.63) is 29.8 Å². The van der Waals surface area contributed by atoms with Crippen LogP contribution in [0.25, 0.3) is 0 Å². The molecule has 0 bridgehead atoms. The number of hydrogen-bond donors (Lipinski definition) is 1. The van der Waals surface area contributed by atoms with Gasteiger partial charge in [-0.25, -0.2) is 0 Å². The number of carbonyl (C=O) groups is 1. The van der Waals surface area contributed by atoms with Crippen LogP contribution in [0.3, 0.4) is 0 Å². The second-order valence-corrected chi connectivity index (χ2v) is 5.75. The lowest BCUT2D eigenvalue weighted by Crippen LogP contribution is -2.51. The number of nitrogens with zero attached hydrogens (tertiary/aromatic N) is 1. The summed E-state index contributed by atoms with van der Waals surface area (Å²) in [6.07, 6.45) is 2.07. The number of rotatable bonds is 1. The molecule has 3 rings (SSSR count). The molecule has 3 heteroatoms. The fourth-order valence-electron chi connectivity index (χ4n) is 3.31. The smallest absolute Gasteiger partial charge is 0.236 e. The molecule has 2 aliphatic rings. The van der Waals surface area contributed by atoms with Gasteiger partial charge in [-0.15, -0.1) is 0 Å². The molecule has 1 fully saturated rings. The van der Waals surface area contributed by atoms with Crippen LogP contribution in [0.4, 0.5) is 5.69 Å². The van der Waals surface area contributed by atoms with Gasteiger partial charge < -0.3 is 5.32 Å². The van der Waals surface area contributed by atoms with Gasteiger partial charge in [-0.2, -0.15) is 0 Å². The van der Waals surface area contributed by atoms with Crippen molar-refractivity contribution in [2.24, 2.45) is 0 Å². The molecule has 1 spiro atoms. The maximum atomic E-state index is 12.4. The van der Waals surface area contributed by atoms with Crippen molar-refractivity contribution >= 4 is 11.6 Å². The molecule has 96 valence electrons. The van der Waals surface area contributed by atoms with Crippen molar-refractivity contribution in [1.82, 2.24) is 4.90 Å². The van der Waals surface area contributed by atoms with Crippen LogP contribution in [0.15, 0.2) is 24.3 Å². The predicted octanol–water partition coefficient (Wildman–Crippen LogP) is 2.38. The van der Waals surface area contributed by atoms with E-state index in [0.29, 0.717) is 6.04 Å². The van der Waals surface area contributed by atoms with Crippen molar-refractivity contribution in [2.45, 2.75) is 38.1 Å². The van der Waals surface area contributed by atoms with Crippen LogP contribution in [0.2, 0.25) is 0 Å². The lowest BCUT2D eigenvalue weighted by atomic mass is 9.75. The Kier molecular flexibility index (Phi) is 2.67. The van der Waals surface area contributed by atoms with Crippen LogP contribution < -0.4 is 5.32 Å². The van der Waals surface area contributed by atoms with E-state index in [-0.39, 0.29) is 11.3 Å². The fourth-order valence-corrected chi connectivity index (χ4v) is 3.31. The van der Waals surface area contributed by atoms with Crippen molar-refractivity contribution < 1.29 is 4.79 Å². The molecule has 1 aromatic carbocycles. The van der Waals surface area contributed by atoms with Crippen LogP contribution in [-0.4, -0.2) is 29.9 Å². The molecule has 2 aliphatic heterocycles. The molecule has 1 N–H and O–H groups in total. The third-order valence-corrected chi connectivity index (χ3v) is 4.38. The second kappa shape index (κ2) is 4.09. The topological polar surface area (TPSA) is 32.3 Å². The Morgan fingerprint density at radius 3 is 2.89 bits per heavy atom.